The van der Waals surface area contributed by atoms with Crippen LogP contribution in [0.15, 0.2) is 36.5 Å². The quantitative estimate of drug-likeness (QED) is 0.687. The number of amides is 1. The number of hydrogen-bond acceptors (Lipinski definition) is 4. The molecular weight excluding hydrogens is 310 g/mol. The van der Waals surface area contributed by atoms with Crippen molar-refractivity contribution in [1.29, 1.82) is 0 Å². The molecule has 1 aromatic heterocycles. The number of hydrogen-bond donors (Lipinski definition) is 2. The molecule has 0 atom stereocenters. The third kappa shape index (κ3) is 4.84. The van der Waals surface area contributed by atoms with Crippen molar-refractivity contribution in [2.45, 2.75) is 26.2 Å². The van der Waals surface area contributed by atoms with Gasteiger partial charge >= 0.3 is 5.97 Å². The first-order chi connectivity index (χ1) is 11.6. The minimum Gasteiger partial charge on any atom is -0.489 e. The number of carboxylic acids is 1. The Morgan fingerprint density at radius 1 is 1.29 bits per heavy atom. The van der Waals surface area contributed by atoms with E-state index in [-0.39, 0.29) is 24.6 Å². The number of carbonyl (C=O) groups excluding carboxylic acids is 1. The van der Waals surface area contributed by atoms with Crippen LogP contribution in [-0.4, -0.2) is 39.9 Å². The van der Waals surface area contributed by atoms with E-state index in [9.17, 15) is 9.59 Å². The number of aromatic nitrogens is 2. The molecule has 0 aliphatic carbocycles. The van der Waals surface area contributed by atoms with E-state index in [0.717, 1.165) is 12.1 Å². The van der Waals surface area contributed by atoms with Crippen LogP contribution in [0.4, 0.5) is 0 Å². The molecule has 0 spiro atoms. The van der Waals surface area contributed by atoms with Crippen LogP contribution < -0.4 is 10.1 Å². The van der Waals surface area contributed by atoms with Crippen molar-refractivity contribution < 1.29 is 19.4 Å². The lowest BCUT2D eigenvalue weighted by atomic mass is 10.3. The van der Waals surface area contributed by atoms with Gasteiger partial charge in [0.2, 0.25) is 0 Å². The first kappa shape index (κ1) is 17.5. The minimum atomic E-state index is -0.885. The fourth-order valence-corrected chi connectivity index (χ4v) is 2.07. The van der Waals surface area contributed by atoms with E-state index >= 15 is 0 Å². The molecule has 1 heterocycles. The van der Waals surface area contributed by atoms with E-state index in [0.29, 0.717) is 18.8 Å². The Balaban J connectivity index is 2.12. The third-order valence-corrected chi connectivity index (χ3v) is 3.23. The van der Waals surface area contributed by atoms with Gasteiger partial charge < -0.3 is 15.2 Å². The number of benzene rings is 1. The summed E-state index contributed by atoms with van der Waals surface area (Å²) in [7, 11) is 0. The molecular formula is C17H21N3O4. The lowest BCUT2D eigenvalue weighted by Crippen LogP contribution is -2.26. The standard InChI is InChI=1S/C17H21N3O4/c1-2-11-24-14-12-20(13-7-4-3-5-8-13)19-16(14)17(23)18-10-6-9-15(21)22/h3-5,7-8,12H,2,6,9-11H2,1H3,(H,18,23)(H,21,22). The second-order valence-corrected chi connectivity index (χ2v) is 5.22. The Bertz CT molecular complexity index is 682. The van der Waals surface area contributed by atoms with Gasteiger partial charge in [0.1, 0.15) is 0 Å². The molecule has 0 bridgehead atoms. The van der Waals surface area contributed by atoms with E-state index in [1.165, 1.54) is 0 Å². The van der Waals surface area contributed by atoms with Crippen molar-refractivity contribution >= 4 is 11.9 Å². The predicted octanol–water partition coefficient (Wildman–Crippen LogP) is 2.26. The second-order valence-electron chi connectivity index (χ2n) is 5.22. The molecule has 0 radical (unpaired) electrons. The second kappa shape index (κ2) is 8.71. The van der Waals surface area contributed by atoms with Crippen LogP contribution in [-0.2, 0) is 4.79 Å². The van der Waals surface area contributed by atoms with Crippen LogP contribution in [0.25, 0.3) is 5.69 Å². The molecule has 7 nitrogen and oxygen atoms in total. The number of nitrogens with zero attached hydrogens (tertiary/aromatic N) is 2. The number of ether oxygens (including phenoxy) is 1. The van der Waals surface area contributed by atoms with Crippen molar-refractivity contribution in [3.63, 3.8) is 0 Å². The Morgan fingerprint density at radius 3 is 2.71 bits per heavy atom. The zero-order valence-corrected chi connectivity index (χ0v) is 13.6. The SMILES string of the molecule is CCCOc1cn(-c2ccccc2)nc1C(=O)NCCCC(=O)O. The van der Waals surface area contributed by atoms with Gasteiger partial charge in [-0.3, -0.25) is 9.59 Å². The van der Waals surface area contributed by atoms with Crippen molar-refractivity contribution in [2.24, 2.45) is 0 Å². The molecule has 0 aliphatic rings. The van der Waals surface area contributed by atoms with Gasteiger partial charge in [-0.05, 0) is 25.0 Å². The summed E-state index contributed by atoms with van der Waals surface area (Å²) in [4.78, 5) is 22.8. The third-order valence-electron chi connectivity index (χ3n) is 3.23. The maximum atomic E-state index is 12.3. The van der Waals surface area contributed by atoms with Gasteiger partial charge in [-0.1, -0.05) is 25.1 Å². The number of para-hydroxylation sites is 1. The van der Waals surface area contributed by atoms with E-state index in [1.807, 2.05) is 37.3 Å². The highest BCUT2D eigenvalue weighted by molar-refractivity contribution is 5.95. The Hall–Kier alpha value is -2.83. The average molecular weight is 331 g/mol. The summed E-state index contributed by atoms with van der Waals surface area (Å²) in [5.74, 6) is -0.845. The Kier molecular flexibility index (Phi) is 6.36. The van der Waals surface area contributed by atoms with Crippen molar-refractivity contribution in [3.05, 3.63) is 42.2 Å². The van der Waals surface area contributed by atoms with Gasteiger partial charge in [0.25, 0.3) is 5.91 Å². The number of carbonyl (C=O) groups is 2. The van der Waals surface area contributed by atoms with E-state index < -0.39 is 5.97 Å². The maximum absolute atomic E-state index is 12.3. The van der Waals surface area contributed by atoms with Crippen LogP contribution in [0.3, 0.4) is 0 Å². The fourth-order valence-electron chi connectivity index (χ4n) is 2.07. The molecule has 24 heavy (non-hydrogen) atoms. The van der Waals surface area contributed by atoms with E-state index in [1.54, 1.807) is 10.9 Å². The smallest absolute Gasteiger partial charge is 0.303 e. The fraction of sp³-hybridized carbons (Fsp3) is 0.353. The highest BCUT2D eigenvalue weighted by atomic mass is 16.5. The molecule has 0 saturated heterocycles. The van der Waals surface area contributed by atoms with Crippen LogP contribution in [0.1, 0.15) is 36.7 Å². The lowest BCUT2D eigenvalue weighted by molar-refractivity contribution is -0.137. The molecule has 0 unspecified atom stereocenters. The number of nitrogens with one attached hydrogen (secondary N) is 1. The molecule has 0 aliphatic heterocycles. The predicted molar refractivity (Wildman–Crippen MR) is 88.6 cm³/mol. The van der Waals surface area contributed by atoms with E-state index in [4.69, 9.17) is 9.84 Å². The van der Waals surface area contributed by atoms with E-state index in [2.05, 4.69) is 10.4 Å². The van der Waals surface area contributed by atoms with Crippen molar-refractivity contribution in [3.8, 4) is 11.4 Å². The zero-order chi connectivity index (χ0) is 17.4. The highest BCUT2D eigenvalue weighted by Gasteiger charge is 2.18. The summed E-state index contributed by atoms with van der Waals surface area (Å²) in [6.45, 7) is 2.74. The molecule has 1 aromatic carbocycles. The van der Waals surface area contributed by atoms with Crippen LogP contribution >= 0.6 is 0 Å². The van der Waals surface area contributed by atoms with Crippen LogP contribution in [0.5, 0.6) is 5.75 Å². The summed E-state index contributed by atoms with van der Waals surface area (Å²) in [5.41, 5.74) is 1.02. The first-order valence-corrected chi connectivity index (χ1v) is 7.89. The number of aliphatic carboxylic acids is 1. The molecule has 0 fully saturated rings. The minimum absolute atomic E-state index is 0.0118. The summed E-state index contributed by atoms with van der Waals surface area (Å²) in [5, 5.41) is 15.6. The molecule has 2 aromatic rings. The van der Waals surface area contributed by atoms with Gasteiger partial charge in [0, 0.05) is 13.0 Å². The maximum Gasteiger partial charge on any atom is 0.303 e. The summed E-state index contributed by atoms with van der Waals surface area (Å²) in [6.07, 6.45) is 2.87. The number of carboxylic acid groups (broad SMARTS) is 1. The monoisotopic (exact) mass is 331 g/mol. The molecule has 2 rings (SSSR count). The van der Waals surface area contributed by atoms with Crippen LogP contribution in [0.2, 0.25) is 0 Å². The van der Waals surface area contributed by atoms with Gasteiger partial charge in [-0.25, -0.2) is 4.68 Å². The molecule has 128 valence electrons. The summed E-state index contributed by atoms with van der Waals surface area (Å²) < 4.78 is 7.21. The number of rotatable bonds is 9. The molecule has 1 amide bonds. The summed E-state index contributed by atoms with van der Waals surface area (Å²) in [6, 6.07) is 9.43. The molecule has 7 heteroatoms. The topological polar surface area (TPSA) is 93.5 Å². The Morgan fingerprint density at radius 2 is 2.04 bits per heavy atom. The normalized spacial score (nSPS) is 10.4. The van der Waals surface area contributed by atoms with Crippen molar-refractivity contribution in [1.82, 2.24) is 15.1 Å². The van der Waals surface area contributed by atoms with Gasteiger partial charge in [-0.15, -0.1) is 0 Å². The average Bonchev–Trinajstić information content (AvgIpc) is 3.01. The highest BCUT2D eigenvalue weighted by Crippen LogP contribution is 2.20. The van der Waals surface area contributed by atoms with Crippen LogP contribution in [0, 0.1) is 0 Å². The van der Waals surface area contributed by atoms with Gasteiger partial charge in [-0.2, -0.15) is 5.10 Å². The first-order valence-electron chi connectivity index (χ1n) is 7.89. The summed E-state index contributed by atoms with van der Waals surface area (Å²) >= 11 is 0. The van der Waals surface area contributed by atoms with Gasteiger partial charge in [0.05, 0.1) is 18.5 Å². The van der Waals surface area contributed by atoms with Gasteiger partial charge in [0.15, 0.2) is 11.4 Å². The molecule has 2 N–H and O–H groups in total. The largest absolute Gasteiger partial charge is 0.489 e. The lowest BCUT2D eigenvalue weighted by Gasteiger charge is -2.05. The molecule has 0 saturated carbocycles. The zero-order valence-electron chi connectivity index (χ0n) is 13.6. The van der Waals surface area contributed by atoms with Crippen molar-refractivity contribution in [2.75, 3.05) is 13.2 Å². The Labute approximate surface area is 140 Å².